The smallest absolute Gasteiger partial charge is 0.433 e. The topological polar surface area (TPSA) is 109 Å². The molecule has 17 atom stereocenters. The quantitative estimate of drug-likeness (QED) is 0.171. The molecule has 11 nitrogen and oxygen atoms in total. The van der Waals surface area contributed by atoms with Crippen LogP contribution in [0.4, 0.5) is 4.79 Å². The maximum Gasteiger partial charge on any atom is 0.508 e. The van der Waals surface area contributed by atoms with Crippen LogP contribution in [-0.2, 0) is 48.0 Å². The minimum Gasteiger partial charge on any atom is -0.433 e. The van der Waals surface area contributed by atoms with E-state index in [1.54, 1.807) is 0 Å². The van der Waals surface area contributed by atoms with E-state index in [9.17, 15) is 4.79 Å². The van der Waals surface area contributed by atoms with Crippen LogP contribution >= 0.6 is 11.6 Å². The predicted octanol–water partition coefficient (Wildman–Crippen LogP) is 6.64. The Morgan fingerprint density at radius 2 is 1.30 bits per heavy atom. The summed E-state index contributed by atoms with van der Waals surface area (Å²) in [7, 11) is 0. The van der Waals surface area contributed by atoms with Gasteiger partial charge in [0.15, 0.2) is 23.8 Å². The number of rotatable bonds is 6. The van der Waals surface area contributed by atoms with Crippen LogP contribution in [0, 0.1) is 47.3 Å². The van der Waals surface area contributed by atoms with Gasteiger partial charge in [0.25, 0.3) is 0 Å². The maximum absolute atomic E-state index is 13.1. The van der Waals surface area contributed by atoms with Crippen LogP contribution in [0.3, 0.4) is 0 Å². The Morgan fingerprint density at radius 3 is 1.87 bits per heavy atom. The van der Waals surface area contributed by atoms with Gasteiger partial charge in [0.1, 0.15) is 18.8 Å². The molecule has 2 unspecified atom stereocenters. The molecule has 8 heterocycles. The summed E-state index contributed by atoms with van der Waals surface area (Å²) in [6.07, 6.45) is 4.40. The first-order valence-corrected chi connectivity index (χ1v) is 18.8. The molecular formula is C35H53ClO11. The summed E-state index contributed by atoms with van der Waals surface area (Å²) in [5.74, 6) is 0.0889. The summed E-state index contributed by atoms with van der Waals surface area (Å²) in [6, 6.07) is 0. The Kier molecular flexibility index (Phi) is 8.46. The zero-order valence-electron chi connectivity index (χ0n) is 28.7. The first-order valence-electron chi connectivity index (χ1n) is 18.2. The molecule has 0 amide bonds. The molecule has 47 heavy (non-hydrogen) atoms. The van der Waals surface area contributed by atoms with Crippen LogP contribution < -0.4 is 0 Å². The third-order valence-corrected chi connectivity index (χ3v) is 14.0. The summed E-state index contributed by atoms with van der Waals surface area (Å²) in [6.45, 7) is 12.9. The lowest BCUT2D eigenvalue weighted by molar-refractivity contribution is -0.573. The maximum atomic E-state index is 13.1. The van der Waals surface area contributed by atoms with E-state index < -0.39 is 53.7 Å². The van der Waals surface area contributed by atoms with Crippen LogP contribution in [0.25, 0.3) is 0 Å². The predicted molar refractivity (Wildman–Crippen MR) is 165 cm³/mol. The highest BCUT2D eigenvalue weighted by Gasteiger charge is 2.72. The number of fused-ring (bicyclic) bond motifs is 4. The minimum absolute atomic E-state index is 0.0346. The van der Waals surface area contributed by atoms with E-state index in [4.69, 9.17) is 59.6 Å². The minimum atomic E-state index is -0.906. The highest BCUT2D eigenvalue weighted by Crippen LogP contribution is 2.63. The molecule has 0 aromatic rings. The van der Waals surface area contributed by atoms with Gasteiger partial charge >= 0.3 is 6.16 Å². The Bertz CT molecular complexity index is 1210. The van der Waals surface area contributed by atoms with Gasteiger partial charge in [-0.2, -0.15) is 0 Å². The lowest BCUT2D eigenvalue weighted by Gasteiger charge is -2.62. The molecule has 10 fully saturated rings. The molecule has 10 aliphatic rings. The lowest BCUT2D eigenvalue weighted by atomic mass is 9.56. The molecule has 0 aromatic carbocycles. The summed E-state index contributed by atoms with van der Waals surface area (Å²) in [5, 5.41) is 0. The number of carbonyl (C=O) groups is 1. The van der Waals surface area contributed by atoms with Gasteiger partial charge in [-0.25, -0.2) is 24.3 Å². The standard InChI is InChI=1S/C35H53ClO11/c1-18-7-9-24-20(3)26(39-29-34(24)22(18)11-13-32(5,42-29)44-46-34)17-27(40-31(37)38-16-15-36)28-21(4)25-10-8-19(2)23-12-14-33(6)43-30(41-28)35(23,25)47-45-33/h18-30H,7-17H2,1-6H3/t18-,19-,20-,21-,22+,23+,24+,25+,26-,27+,28+,29-,30-,32?,33?,34-,35-/m1/s1. The van der Waals surface area contributed by atoms with E-state index in [0.717, 1.165) is 51.4 Å². The van der Waals surface area contributed by atoms with Crippen molar-refractivity contribution in [1.29, 1.82) is 0 Å². The molecule has 2 saturated carbocycles. The van der Waals surface area contributed by atoms with Crippen molar-refractivity contribution in [3.63, 3.8) is 0 Å². The van der Waals surface area contributed by atoms with Gasteiger partial charge in [0, 0.05) is 31.1 Å². The van der Waals surface area contributed by atoms with Gasteiger partial charge in [-0.1, -0.05) is 27.7 Å². The lowest BCUT2D eigenvalue weighted by Crippen LogP contribution is -2.72. The molecule has 2 aliphatic carbocycles. The van der Waals surface area contributed by atoms with Crippen molar-refractivity contribution in [3.05, 3.63) is 0 Å². The Morgan fingerprint density at radius 1 is 0.745 bits per heavy atom. The van der Waals surface area contributed by atoms with E-state index in [2.05, 4.69) is 27.7 Å². The van der Waals surface area contributed by atoms with Gasteiger partial charge in [0.2, 0.25) is 11.6 Å². The second kappa shape index (κ2) is 11.9. The van der Waals surface area contributed by atoms with Crippen LogP contribution in [0.2, 0.25) is 0 Å². The van der Waals surface area contributed by atoms with Crippen molar-refractivity contribution >= 4 is 17.8 Å². The SMILES string of the molecule is C[C@H]1[C@@H]([C@H](C[C@H]2O[C@@H]3OC4(C)CC[C@H]5[C@H](C)CC[C@@H]([C@H]2C)[C@@]35OO4)OC(=O)OCCCl)O[C@@H]2OC3(C)CC[C@H]4[C@H](C)CC[C@@H]1[C@@]24OO3. The summed E-state index contributed by atoms with van der Waals surface area (Å²) >= 11 is 5.86. The van der Waals surface area contributed by atoms with Crippen LogP contribution in [0.1, 0.15) is 99.3 Å². The van der Waals surface area contributed by atoms with E-state index >= 15 is 0 Å². The number of hydrogen-bond donors (Lipinski definition) is 0. The first-order chi connectivity index (χ1) is 22.4. The number of alkyl halides is 1. The molecule has 10 rings (SSSR count). The molecular weight excluding hydrogens is 632 g/mol. The normalized spacial score (nSPS) is 55.2. The van der Waals surface area contributed by atoms with Crippen molar-refractivity contribution in [2.45, 2.75) is 153 Å². The van der Waals surface area contributed by atoms with Crippen LogP contribution in [0.5, 0.6) is 0 Å². The monoisotopic (exact) mass is 684 g/mol. The molecule has 0 radical (unpaired) electrons. The molecule has 2 spiro atoms. The molecule has 12 heteroatoms. The molecule has 0 N–H and O–H groups in total. The second-order valence-corrected chi connectivity index (χ2v) is 16.9. The summed E-state index contributed by atoms with van der Waals surface area (Å²) in [4.78, 5) is 38.0. The third-order valence-electron chi connectivity index (χ3n) is 13.9. The van der Waals surface area contributed by atoms with Crippen molar-refractivity contribution in [1.82, 2.24) is 0 Å². The third kappa shape index (κ3) is 5.06. The second-order valence-electron chi connectivity index (χ2n) is 16.5. The Hall–Kier alpha value is -0.760. The Labute approximate surface area is 283 Å². The fourth-order valence-electron chi connectivity index (χ4n) is 11.4. The van der Waals surface area contributed by atoms with E-state index in [1.807, 2.05) is 13.8 Å². The van der Waals surface area contributed by atoms with Crippen LogP contribution in [0.15, 0.2) is 0 Å². The fourth-order valence-corrected chi connectivity index (χ4v) is 11.4. The number of carbonyl (C=O) groups excluding carboxylic acids is 1. The molecule has 266 valence electrons. The van der Waals surface area contributed by atoms with E-state index in [0.29, 0.717) is 18.3 Å². The number of ether oxygens (including phenoxy) is 6. The van der Waals surface area contributed by atoms with Crippen molar-refractivity contribution in [2.75, 3.05) is 12.5 Å². The molecule has 0 aromatic heterocycles. The van der Waals surface area contributed by atoms with Crippen molar-refractivity contribution < 1.29 is 52.8 Å². The van der Waals surface area contributed by atoms with Gasteiger partial charge in [-0.15, -0.1) is 11.6 Å². The zero-order valence-corrected chi connectivity index (χ0v) is 29.4. The molecule has 8 aliphatic heterocycles. The van der Waals surface area contributed by atoms with Crippen molar-refractivity contribution in [2.24, 2.45) is 47.3 Å². The highest BCUT2D eigenvalue weighted by atomic mass is 35.5. The molecule has 4 bridgehead atoms. The van der Waals surface area contributed by atoms with E-state index in [1.165, 1.54) is 0 Å². The average Bonchev–Trinajstić information content (AvgIpc) is 3.41. The van der Waals surface area contributed by atoms with Gasteiger partial charge in [0.05, 0.1) is 12.0 Å². The van der Waals surface area contributed by atoms with E-state index in [-0.39, 0.29) is 54.1 Å². The fraction of sp³-hybridized carbons (Fsp3) is 0.971. The Balaban J connectivity index is 1.11. The first kappa shape index (κ1) is 33.4. The van der Waals surface area contributed by atoms with Crippen LogP contribution in [-0.4, -0.2) is 72.3 Å². The largest absolute Gasteiger partial charge is 0.508 e. The average molecular weight is 685 g/mol. The molecule has 8 saturated heterocycles. The highest BCUT2D eigenvalue weighted by molar-refractivity contribution is 6.18. The number of hydrogen-bond acceptors (Lipinski definition) is 11. The van der Waals surface area contributed by atoms with Crippen molar-refractivity contribution in [3.8, 4) is 0 Å². The summed E-state index contributed by atoms with van der Waals surface area (Å²) < 4.78 is 38.7. The van der Waals surface area contributed by atoms with Gasteiger partial charge in [-0.05, 0) is 87.9 Å². The number of halogens is 1. The van der Waals surface area contributed by atoms with Gasteiger partial charge in [-0.3, -0.25) is 0 Å². The zero-order chi connectivity index (χ0) is 32.9. The summed E-state index contributed by atoms with van der Waals surface area (Å²) in [5.41, 5.74) is -1.39. The van der Waals surface area contributed by atoms with Gasteiger partial charge < -0.3 is 28.4 Å².